The van der Waals surface area contributed by atoms with E-state index in [1.165, 1.54) is 20.1 Å². The third-order valence-electron chi connectivity index (χ3n) is 10.9. The summed E-state index contributed by atoms with van der Waals surface area (Å²) in [6, 6.07) is 0. The Kier molecular flexibility index (Phi) is 23.2. The highest BCUT2D eigenvalue weighted by Gasteiger charge is 2.46. The Morgan fingerprint density at radius 3 is 1.82 bits per heavy atom. The topological polar surface area (TPSA) is 236 Å². The van der Waals surface area contributed by atoms with Crippen molar-refractivity contribution in [3.63, 3.8) is 0 Å². The van der Waals surface area contributed by atoms with Crippen LogP contribution in [0, 0.1) is 35.5 Å². The molecule has 0 amide bonds. The van der Waals surface area contributed by atoms with Crippen LogP contribution in [0.1, 0.15) is 88.5 Å². The zero-order valence-electron chi connectivity index (χ0n) is 34.9. The Labute approximate surface area is 328 Å². The molecule has 55 heavy (non-hydrogen) atoms. The second-order valence-corrected chi connectivity index (χ2v) is 16.1. The van der Waals surface area contributed by atoms with Gasteiger partial charge in [0, 0.05) is 30.4 Å². The molecule has 0 aromatic carbocycles. The molecule has 1 saturated heterocycles. The van der Waals surface area contributed by atoms with Gasteiger partial charge in [-0.05, 0) is 62.5 Å². The molecule has 0 radical (unpaired) electrons. The minimum absolute atomic E-state index is 0.0169. The van der Waals surface area contributed by atoms with Crippen molar-refractivity contribution in [1.29, 1.82) is 0 Å². The Morgan fingerprint density at radius 2 is 1.31 bits per heavy atom. The summed E-state index contributed by atoms with van der Waals surface area (Å²) < 4.78 is 22.7. The van der Waals surface area contributed by atoms with Crippen molar-refractivity contribution < 1.29 is 69.7 Å². The minimum atomic E-state index is -1.70. The molecule has 0 bridgehead atoms. The van der Waals surface area contributed by atoms with Crippen LogP contribution in [0.4, 0.5) is 0 Å². The zero-order valence-corrected chi connectivity index (χ0v) is 34.9. The van der Waals surface area contributed by atoms with Gasteiger partial charge in [-0.15, -0.1) is 0 Å². The van der Waals surface area contributed by atoms with Crippen LogP contribution in [0.3, 0.4) is 0 Å². The number of hydrogen-bond acceptors (Lipinski definition) is 14. The lowest BCUT2D eigenvalue weighted by molar-refractivity contribution is -0.320. The first-order chi connectivity index (χ1) is 25.6. The van der Waals surface area contributed by atoms with E-state index in [0.29, 0.717) is 23.0 Å². The molecule has 1 heterocycles. The highest BCUT2D eigenvalue weighted by Crippen LogP contribution is 2.33. The van der Waals surface area contributed by atoms with E-state index in [1.807, 2.05) is 26.8 Å². The Morgan fingerprint density at radius 1 is 0.764 bits per heavy atom. The summed E-state index contributed by atoms with van der Waals surface area (Å²) in [4.78, 5) is 12.5. The lowest BCUT2D eigenvalue weighted by atomic mass is 9.82. The predicted molar refractivity (Wildman–Crippen MR) is 207 cm³/mol. The summed E-state index contributed by atoms with van der Waals surface area (Å²) in [7, 11) is 1.37. The summed E-state index contributed by atoms with van der Waals surface area (Å²) in [5.74, 6) is -1.11. The first kappa shape index (κ1) is 51.2. The number of ether oxygens (including phenoxy) is 4. The van der Waals surface area contributed by atoms with Crippen LogP contribution in [0.2, 0.25) is 0 Å². The standard InChI is InChI=1S/C41H74O14/c1-12-21(2)13-22(3)14-27(8)38(55-41-37(50)36(49)39(52-11)32(19-43)54-41)28(9)16-25(6)33(46)23(4)15-24(5)34(47)26(7)17-29(10)40(51)53-20-31(45)35(48)30(44)18-42/h15-17,21-23,26-28,30-39,41-50H,12-14,18-20H2,1-11H3. The van der Waals surface area contributed by atoms with E-state index in [-0.39, 0.29) is 17.4 Å². The third kappa shape index (κ3) is 15.8. The monoisotopic (exact) mass is 791 g/mol. The van der Waals surface area contributed by atoms with Gasteiger partial charge in [0.1, 0.15) is 49.3 Å². The average molecular weight is 791 g/mol. The van der Waals surface area contributed by atoms with Gasteiger partial charge in [-0.1, -0.05) is 73.1 Å². The average Bonchev–Trinajstić information content (AvgIpc) is 3.14. The van der Waals surface area contributed by atoms with Gasteiger partial charge in [0.25, 0.3) is 0 Å². The first-order valence-electron chi connectivity index (χ1n) is 19.7. The Bertz CT molecular complexity index is 1210. The number of carbonyl (C=O) groups excluding carboxylic acids is 1. The lowest BCUT2D eigenvalue weighted by Gasteiger charge is -2.43. The molecule has 14 nitrogen and oxygen atoms in total. The Balaban J connectivity index is 3.16. The molecule has 1 rings (SSSR count). The molecule has 0 aromatic rings. The van der Waals surface area contributed by atoms with E-state index in [1.54, 1.807) is 19.9 Å². The molecule has 1 aliphatic heterocycles. The molecule has 0 spiro atoms. The molecular formula is C41H74O14. The second kappa shape index (κ2) is 24.9. The highest BCUT2D eigenvalue weighted by atomic mass is 16.7. The SMILES string of the molecule is CCC(C)CC(C)CC(C)C(OC1OC(CO)C(OC)C(O)C1O)C(C)C=C(C)C(O)C(C)C=C(C)C(O)C(C)C=C(C)C(=O)OCC(O)C(O)C(O)CO. The van der Waals surface area contributed by atoms with Gasteiger partial charge in [-0.25, -0.2) is 4.79 Å². The molecule has 17 unspecified atom stereocenters. The Hall–Kier alpha value is -1.79. The lowest BCUT2D eigenvalue weighted by Crippen LogP contribution is -2.60. The fourth-order valence-corrected chi connectivity index (χ4v) is 7.44. The van der Waals surface area contributed by atoms with Crippen molar-refractivity contribution in [3.8, 4) is 0 Å². The van der Waals surface area contributed by atoms with Crippen LogP contribution in [0.5, 0.6) is 0 Å². The van der Waals surface area contributed by atoms with Crippen molar-refractivity contribution >= 4 is 5.97 Å². The number of rotatable bonds is 24. The maximum atomic E-state index is 12.5. The smallest absolute Gasteiger partial charge is 0.333 e. The maximum absolute atomic E-state index is 12.5. The van der Waals surface area contributed by atoms with Gasteiger partial charge in [0.2, 0.25) is 0 Å². The molecule has 322 valence electrons. The van der Waals surface area contributed by atoms with E-state index >= 15 is 0 Å². The maximum Gasteiger partial charge on any atom is 0.333 e. The van der Waals surface area contributed by atoms with Crippen LogP contribution >= 0.6 is 0 Å². The van der Waals surface area contributed by atoms with E-state index in [4.69, 9.17) is 24.1 Å². The summed E-state index contributed by atoms with van der Waals surface area (Å²) >= 11 is 0. The van der Waals surface area contributed by atoms with Crippen LogP contribution in [0.25, 0.3) is 0 Å². The van der Waals surface area contributed by atoms with Crippen LogP contribution in [0.15, 0.2) is 34.9 Å². The fourth-order valence-electron chi connectivity index (χ4n) is 7.44. The van der Waals surface area contributed by atoms with Crippen molar-refractivity contribution in [3.05, 3.63) is 34.9 Å². The molecule has 0 aromatic heterocycles. The van der Waals surface area contributed by atoms with Gasteiger partial charge in [0.05, 0.1) is 31.5 Å². The zero-order chi connectivity index (χ0) is 42.3. The van der Waals surface area contributed by atoms with Crippen LogP contribution < -0.4 is 0 Å². The quantitative estimate of drug-likeness (QED) is 0.0387. The first-order valence-corrected chi connectivity index (χ1v) is 19.7. The summed E-state index contributed by atoms with van der Waals surface area (Å²) in [6.45, 7) is 17.4. The summed E-state index contributed by atoms with van der Waals surface area (Å²) in [5.41, 5.74) is 1.37. The molecule has 1 fully saturated rings. The third-order valence-corrected chi connectivity index (χ3v) is 10.9. The largest absolute Gasteiger partial charge is 0.459 e. The van der Waals surface area contributed by atoms with Crippen molar-refractivity contribution in [2.45, 2.75) is 156 Å². The highest BCUT2D eigenvalue weighted by molar-refractivity contribution is 5.87. The molecule has 14 heteroatoms. The normalized spacial score (nSPS) is 28.2. The van der Waals surface area contributed by atoms with Gasteiger partial charge in [-0.2, -0.15) is 0 Å². The summed E-state index contributed by atoms with van der Waals surface area (Å²) in [5, 5.41) is 92.2. The second-order valence-electron chi connectivity index (χ2n) is 16.1. The number of esters is 1. The van der Waals surface area contributed by atoms with Crippen LogP contribution in [-0.4, -0.2) is 146 Å². The van der Waals surface area contributed by atoms with E-state index < -0.39 is 105 Å². The molecule has 1 aliphatic rings. The molecule has 17 atom stereocenters. The van der Waals surface area contributed by atoms with Crippen LogP contribution in [-0.2, 0) is 23.7 Å². The van der Waals surface area contributed by atoms with Crippen molar-refractivity contribution in [1.82, 2.24) is 0 Å². The molecule has 0 saturated carbocycles. The predicted octanol–water partition coefficient (Wildman–Crippen LogP) is 2.01. The number of methoxy groups -OCH3 is 1. The molecule has 9 N–H and O–H groups in total. The van der Waals surface area contributed by atoms with Crippen molar-refractivity contribution in [2.24, 2.45) is 35.5 Å². The fraction of sp³-hybridized carbons (Fsp3) is 0.829. The van der Waals surface area contributed by atoms with E-state index in [0.717, 1.165) is 19.3 Å². The number of carbonyl (C=O) groups is 1. The minimum Gasteiger partial charge on any atom is -0.459 e. The number of aliphatic hydroxyl groups is 9. The molecule has 0 aliphatic carbocycles. The van der Waals surface area contributed by atoms with E-state index in [9.17, 15) is 45.6 Å². The van der Waals surface area contributed by atoms with E-state index in [2.05, 4.69) is 27.7 Å². The number of aliphatic hydroxyl groups excluding tert-OH is 9. The van der Waals surface area contributed by atoms with Gasteiger partial charge in [0.15, 0.2) is 6.29 Å². The number of hydrogen-bond donors (Lipinski definition) is 9. The molecular weight excluding hydrogens is 716 g/mol. The van der Waals surface area contributed by atoms with Crippen molar-refractivity contribution in [2.75, 3.05) is 26.9 Å². The van der Waals surface area contributed by atoms with Gasteiger partial charge < -0.3 is 64.9 Å². The summed E-state index contributed by atoms with van der Waals surface area (Å²) in [6.07, 6.45) is -5.03. The van der Waals surface area contributed by atoms with Gasteiger partial charge >= 0.3 is 5.97 Å². The van der Waals surface area contributed by atoms with Gasteiger partial charge in [-0.3, -0.25) is 0 Å².